The van der Waals surface area contributed by atoms with Crippen LogP contribution >= 0.6 is 15.9 Å². The highest BCUT2D eigenvalue weighted by Gasteiger charge is 2.20. The van der Waals surface area contributed by atoms with E-state index in [1.807, 2.05) is 13.8 Å². The van der Waals surface area contributed by atoms with Gasteiger partial charge in [-0.3, -0.25) is 0 Å². The summed E-state index contributed by atoms with van der Waals surface area (Å²) in [5.74, 6) is 0.166. The SMILES string of the molecule is [CH2]C(C)(C)c1ccc(Br)cc1OC(F)F. The lowest BCUT2D eigenvalue weighted by molar-refractivity contribution is -0.0508. The van der Waals surface area contributed by atoms with Gasteiger partial charge in [-0.15, -0.1) is 0 Å². The monoisotopic (exact) mass is 277 g/mol. The third kappa shape index (κ3) is 3.45. The summed E-state index contributed by atoms with van der Waals surface area (Å²) in [6.45, 7) is 4.76. The standard InChI is InChI=1S/C11H12BrF2O/c1-11(2,3)8-5-4-7(12)6-9(8)15-10(13)14/h4-6,10H,1H2,2-3H3. The Labute approximate surface area is 96.6 Å². The minimum absolute atomic E-state index is 0.166. The van der Waals surface area contributed by atoms with Crippen molar-refractivity contribution < 1.29 is 13.5 Å². The number of alkyl halides is 2. The normalized spacial score (nSPS) is 11.9. The van der Waals surface area contributed by atoms with Crippen molar-refractivity contribution in [3.8, 4) is 5.75 Å². The molecule has 0 saturated heterocycles. The Kier molecular flexibility index (Phi) is 3.71. The number of rotatable bonds is 3. The van der Waals surface area contributed by atoms with Crippen LogP contribution in [0.15, 0.2) is 22.7 Å². The van der Waals surface area contributed by atoms with E-state index in [1.54, 1.807) is 12.1 Å². The van der Waals surface area contributed by atoms with Gasteiger partial charge in [-0.05, 0) is 24.5 Å². The van der Waals surface area contributed by atoms with Crippen molar-refractivity contribution in [2.45, 2.75) is 25.9 Å². The second kappa shape index (κ2) is 4.47. The molecule has 0 aliphatic rings. The van der Waals surface area contributed by atoms with Crippen LogP contribution in [0.2, 0.25) is 0 Å². The molecule has 0 aliphatic carbocycles. The molecule has 0 spiro atoms. The van der Waals surface area contributed by atoms with E-state index in [-0.39, 0.29) is 5.75 Å². The summed E-state index contributed by atoms with van der Waals surface area (Å²) in [6.07, 6.45) is 0. The van der Waals surface area contributed by atoms with Gasteiger partial charge in [0.05, 0.1) is 0 Å². The van der Waals surface area contributed by atoms with E-state index in [9.17, 15) is 8.78 Å². The first-order valence-corrected chi connectivity index (χ1v) is 5.20. The van der Waals surface area contributed by atoms with E-state index >= 15 is 0 Å². The zero-order valence-corrected chi connectivity index (χ0v) is 10.1. The first kappa shape index (κ1) is 12.4. The van der Waals surface area contributed by atoms with Gasteiger partial charge in [0, 0.05) is 10.0 Å². The van der Waals surface area contributed by atoms with Gasteiger partial charge in [0.2, 0.25) is 0 Å². The minimum Gasteiger partial charge on any atom is -0.434 e. The van der Waals surface area contributed by atoms with Gasteiger partial charge in [0.1, 0.15) is 5.75 Å². The second-order valence-corrected chi connectivity index (χ2v) is 4.82. The summed E-state index contributed by atoms with van der Waals surface area (Å²) in [4.78, 5) is 0. The molecule has 1 aromatic carbocycles. The molecular formula is C11H12BrF2O. The van der Waals surface area contributed by atoms with Gasteiger partial charge < -0.3 is 4.74 Å². The molecule has 83 valence electrons. The maximum atomic E-state index is 12.2. The zero-order valence-electron chi connectivity index (χ0n) is 8.56. The smallest absolute Gasteiger partial charge is 0.387 e. The Morgan fingerprint density at radius 2 is 2.00 bits per heavy atom. The fourth-order valence-corrected chi connectivity index (χ4v) is 1.59. The van der Waals surface area contributed by atoms with Crippen LogP contribution in [-0.4, -0.2) is 6.61 Å². The highest BCUT2D eigenvalue weighted by Crippen LogP contribution is 2.34. The zero-order chi connectivity index (χ0) is 11.6. The van der Waals surface area contributed by atoms with E-state index < -0.39 is 12.0 Å². The number of hydrogen-bond acceptors (Lipinski definition) is 1. The summed E-state index contributed by atoms with van der Waals surface area (Å²) in [7, 11) is 0. The van der Waals surface area contributed by atoms with Gasteiger partial charge in [-0.1, -0.05) is 35.8 Å². The van der Waals surface area contributed by atoms with Crippen LogP contribution in [-0.2, 0) is 5.41 Å². The van der Waals surface area contributed by atoms with Crippen LogP contribution in [0.25, 0.3) is 0 Å². The summed E-state index contributed by atoms with van der Waals surface area (Å²) in [6, 6.07) is 5.03. The molecule has 0 heterocycles. The van der Waals surface area contributed by atoms with Crippen molar-refractivity contribution in [3.05, 3.63) is 35.2 Å². The van der Waals surface area contributed by atoms with Crippen molar-refractivity contribution in [1.29, 1.82) is 0 Å². The summed E-state index contributed by atoms with van der Waals surface area (Å²) >= 11 is 3.21. The number of halogens is 3. The number of ether oxygens (including phenoxy) is 1. The molecule has 0 aromatic heterocycles. The van der Waals surface area contributed by atoms with E-state index in [4.69, 9.17) is 0 Å². The minimum atomic E-state index is -2.82. The Bertz CT molecular complexity index is 345. The predicted molar refractivity (Wildman–Crippen MR) is 59.2 cm³/mol. The van der Waals surface area contributed by atoms with Crippen molar-refractivity contribution in [1.82, 2.24) is 0 Å². The topological polar surface area (TPSA) is 9.23 Å². The molecule has 1 nitrogen and oxygen atoms in total. The van der Waals surface area contributed by atoms with Crippen molar-refractivity contribution in [2.24, 2.45) is 0 Å². The molecule has 0 aliphatic heterocycles. The van der Waals surface area contributed by atoms with Crippen molar-refractivity contribution >= 4 is 15.9 Å². The van der Waals surface area contributed by atoms with Crippen LogP contribution in [0, 0.1) is 6.92 Å². The van der Waals surface area contributed by atoms with E-state index in [0.29, 0.717) is 10.0 Å². The Balaban J connectivity index is 3.15. The van der Waals surface area contributed by atoms with Gasteiger partial charge in [0.15, 0.2) is 0 Å². The fraction of sp³-hybridized carbons (Fsp3) is 0.364. The summed E-state index contributed by atoms with van der Waals surface area (Å²) in [5, 5.41) is 0. The van der Waals surface area contributed by atoms with Gasteiger partial charge in [-0.2, -0.15) is 8.78 Å². The Hall–Kier alpha value is -0.640. The molecule has 0 atom stereocenters. The maximum absolute atomic E-state index is 12.2. The molecule has 0 amide bonds. The second-order valence-electron chi connectivity index (χ2n) is 3.90. The average molecular weight is 278 g/mol. The predicted octanol–water partition coefficient (Wildman–Crippen LogP) is 4.16. The van der Waals surface area contributed by atoms with Crippen LogP contribution in [0.4, 0.5) is 8.78 Å². The summed E-state index contributed by atoms with van der Waals surface area (Å²) < 4.78 is 29.5. The molecule has 1 rings (SSSR count). The van der Waals surface area contributed by atoms with Gasteiger partial charge >= 0.3 is 6.61 Å². The number of benzene rings is 1. The van der Waals surface area contributed by atoms with E-state index in [0.717, 1.165) is 0 Å². The third-order valence-corrected chi connectivity index (χ3v) is 2.38. The fourth-order valence-electron chi connectivity index (χ4n) is 1.25. The molecule has 4 heteroatoms. The molecular weight excluding hydrogens is 266 g/mol. The molecule has 0 fully saturated rings. The van der Waals surface area contributed by atoms with Crippen molar-refractivity contribution in [3.63, 3.8) is 0 Å². The lowest BCUT2D eigenvalue weighted by Crippen LogP contribution is -2.15. The van der Waals surface area contributed by atoms with Crippen LogP contribution in [0.1, 0.15) is 19.4 Å². The molecule has 0 unspecified atom stereocenters. The van der Waals surface area contributed by atoms with Crippen LogP contribution in [0.5, 0.6) is 5.75 Å². The largest absolute Gasteiger partial charge is 0.434 e. The first-order chi connectivity index (χ1) is 6.80. The summed E-state index contributed by atoms with van der Waals surface area (Å²) in [5.41, 5.74) is 0.191. The average Bonchev–Trinajstić information content (AvgIpc) is 1.99. The first-order valence-electron chi connectivity index (χ1n) is 4.41. The van der Waals surface area contributed by atoms with Gasteiger partial charge in [0.25, 0.3) is 0 Å². The lowest BCUT2D eigenvalue weighted by Gasteiger charge is -2.22. The van der Waals surface area contributed by atoms with Crippen LogP contribution in [0.3, 0.4) is 0 Å². The molecule has 1 radical (unpaired) electrons. The Morgan fingerprint density at radius 1 is 1.40 bits per heavy atom. The number of hydrogen-bond donors (Lipinski definition) is 0. The molecule has 0 N–H and O–H groups in total. The maximum Gasteiger partial charge on any atom is 0.387 e. The Morgan fingerprint density at radius 3 is 2.47 bits per heavy atom. The van der Waals surface area contributed by atoms with Crippen LogP contribution < -0.4 is 4.74 Å². The molecule has 0 saturated carbocycles. The highest BCUT2D eigenvalue weighted by molar-refractivity contribution is 9.10. The molecule has 15 heavy (non-hydrogen) atoms. The molecule has 0 bridgehead atoms. The lowest BCUT2D eigenvalue weighted by atomic mass is 9.86. The van der Waals surface area contributed by atoms with Crippen molar-refractivity contribution in [2.75, 3.05) is 0 Å². The quantitative estimate of drug-likeness (QED) is 0.806. The highest BCUT2D eigenvalue weighted by atomic mass is 79.9. The van der Waals surface area contributed by atoms with E-state index in [1.165, 1.54) is 6.07 Å². The molecule has 1 aromatic rings. The van der Waals surface area contributed by atoms with E-state index in [2.05, 4.69) is 27.6 Å². The van der Waals surface area contributed by atoms with Gasteiger partial charge in [-0.25, -0.2) is 0 Å². The third-order valence-electron chi connectivity index (χ3n) is 1.89.